The fraction of sp³-hybridized carbons (Fsp3) is 0.176. The minimum atomic E-state index is -0.221. The summed E-state index contributed by atoms with van der Waals surface area (Å²) in [7, 11) is 0. The molecule has 104 valence electrons. The van der Waals surface area contributed by atoms with Gasteiger partial charge in [0.05, 0.1) is 0 Å². The van der Waals surface area contributed by atoms with Crippen molar-refractivity contribution in [1.82, 2.24) is 5.32 Å². The van der Waals surface area contributed by atoms with Crippen molar-refractivity contribution < 1.29 is 9.21 Å². The highest BCUT2D eigenvalue weighted by Gasteiger charge is 2.25. The minimum Gasteiger partial charge on any atom is -0.438 e. The van der Waals surface area contributed by atoms with Crippen LogP contribution in [0.1, 0.15) is 23.2 Å². The average molecular weight is 278 g/mol. The van der Waals surface area contributed by atoms with E-state index in [0.29, 0.717) is 11.1 Å². The van der Waals surface area contributed by atoms with E-state index >= 15 is 0 Å². The van der Waals surface area contributed by atoms with E-state index in [2.05, 4.69) is 5.32 Å². The van der Waals surface area contributed by atoms with Crippen LogP contribution in [0.25, 0.3) is 21.7 Å². The van der Waals surface area contributed by atoms with E-state index in [1.807, 2.05) is 36.4 Å². The van der Waals surface area contributed by atoms with Crippen LogP contribution in [0.4, 0.5) is 0 Å². The van der Waals surface area contributed by atoms with Crippen molar-refractivity contribution in [2.75, 3.05) is 0 Å². The van der Waals surface area contributed by atoms with Crippen molar-refractivity contribution in [1.29, 1.82) is 5.41 Å². The number of amides is 1. The molecule has 1 heterocycles. The molecule has 1 amide bonds. The van der Waals surface area contributed by atoms with E-state index in [9.17, 15) is 4.79 Å². The minimum absolute atomic E-state index is 0.0871. The smallest absolute Gasteiger partial charge is 0.257 e. The van der Waals surface area contributed by atoms with Gasteiger partial charge < -0.3 is 9.73 Å². The van der Waals surface area contributed by atoms with Crippen molar-refractivity contribution in [3.8, 4) is 0 Å². The first kappa shape index (κ1) is 12.1. The number of carbonyl (C=O) groups excluding carboxylic acids is 1. The summed E-state index contributed by atoms with van der Waals surface area (Å²) in [4.78, 5) is 12.2. The highest BCUT2D eigenvalue weighted by atomic mass is 16.3. The molecule has 1 aromatic heterocycles. The summed E-state index contributed by atoms with van der Waals surface area (Å²) < 4.78 is 5.53. The van der Waals surface area contributed by atoms with Gasteiger partial charge in [0.15, 0.2) is 0 Å². The molecule has 3 aromatic rings. The van der Waals surface area contributed by atoms with Crippen LogP contribution in [-0.4, -0.2) is 11.9 Å². The van der Waals surface area contributed by atoms with Gasteiger partial charge in [-0.15, -0.1) is 0 Å². The Morgan fingerprint density at radius 3 is 2.76 bits per heavy atom. The predicted molar refractivity (Wildman–Crippen MR) is 80.1 cm³/mol. The molecule has 4 rings (SSSR count). The Bertz CT molecular complexity index is 923. The first-order valence-electron chi connectivity index (χ1n) is 7.03. The zero-order valence-corrected chi connectivity index (χ0v) is 11.3. The summed E-state index contributed by atoms with van der Waals surface area (Å²) in [5.74, 6) is -0.221. The predicted octanol–water partition coefficient (Wildman–Crippen LogP) is 2.96. The van der Waals surface area contributed by atoms with Gasteiger partial charge in [0.2, 0.25) is 5.55 Å². The summed E-state index contributed by atoms with van der Waals surface area (Å²) >= 11 is 0. The molecule has 0 saturated heterocycles. The Kier molecular flexibility index (Phi) is 2.57. The molecule has 0 aliphatic heterocycles. The maximum Gasteiger partial charge on any atom is 0.257 e. The number of hydrogen-bond acceptors (Lipinski definition) is 3. The Hall–Kier alpha value is -2.62. The standard InChI is InChI=1S/C17H14N2O2/c18-16-14(17(20)19-11-6-7-11)9-13-12-4-2-1-3-10(12)5-8-15(13)21-16/h1-5,8-9,11,18H,6-7H2,(H,19,20). The SMILES string of the molecule is N=c1oc2ccc3ccccc3c2cc1C(=O)NC1CC1. The molecular formula is C17H14N2O2. The Morgan fingerprint density at radius 1 is 1.14 bits per heavy atom. The van der Waals surface area contributed by atoms with Gasteiger partial charge in [-0.25, -0.2) is 0 Å². The lowest BCUT2D eigenvalue weighted by Gasteiger charge is -2.07. The molecule has 21 heavy (non-hydrogen) atoms. The van der Waals surface area contributed by atoms with Gasteiger partial charge in [0.25, 0.3) is 5.91 Å². The van der Waals surface area contributed by atoms with Crippen molar-refractivity contribution in [3.63, 3.8) is 0 Å². The quantitative estimate of drug-likeness (QED) is 0.708. The Labute approximate surface area is 120 Å². The van der Waals surface area contributed by atoms with E-state index in [1.165, 1.54) is 0 Å². The summed E-state index contributed by atoms with van der Waals surface area (Å²) in [6.45, 7) is 0. The molecule has 0 spiro atoms. The Morgan fingerprint density at radius 2 is 1.95 bits per heavy atom. The van der Waals surface area contributed by atoms with Gasteiger partial charge in [0, 0.05) is 11.4 Å². The molecule has 0 unspecified atom stereocenters. The molecule has 0 atom stereocenters. The summed E-state index contributed by atoms with van der Waals surface area (Å²) in [5.41, 5.74) is 0.836. The van der Waals surface area contributed by atoms with Crippen LogP contribution in [-0.2, 0) is 0 Å². The number of hydrogen-bond donors (Lipinski definition) is 2. The van der Waals surface area contributed by atoms with Gasteiger partial charge in [-0.2, -0.15) is 0 Å². The number of nitrogens with one attached hydrogen (secondary N) is 2. The van der Waals surface area contributed by atoms with E-state index in [4.69, 9.17) is 9.83 Å². The van der Waals surface area contributed by atoms with Crippen LogP contribution in [0.2, 0.25) is 0 Å². The zero-order valence-electron chi connectivity index (χ0n) is 11.3. The monoisotopic (exact) mass is 278 g/mol. The summed E-state index contributed by atoms with van der Waals surface area (Å²) in [5, 5.41) is 13.8. The molecule has 4 heteroatoms. The molecule has 1 aliphatic rings. The highest BCUT2D eigenvalue weighted by molar-refractivity contribution is 6.07. The second kappa shape index (κ2) is 4.45. The van der Waals surface area contributed by atoms with Crippen LogP contribution in [0.15, 0.2) is 46.9 Å². The van der Waals surface area contributed by atoms with E-state index in [0.717, 1.165) is 29.0 Å². The van der Waals surface area contributed by atoms with Gasteiger partial charge in [-0.1, -0.05) is 30.3 Å². The van der Waals surface area contributed by atoms with Gasteiger partial charge in [-0.05, 0) is 35.7 Å². The zero-order chi connectivity index (χ0) is 14.4. The lowest BCUT2D eigenvalue weighted by Crippen LogP contribution is -2.29. The van der Waals surface area contributed by atoms with Crippen LogP contribution in [0, 0.1) is 5.41 Å². The molecule has 1 saturated carbocycles. The van der Waals surface area contributed by atoms with E-state index < -0.39 is 0 Å². The van der Waals surface area contributed by atoms with Crippen LogP contribution in [0.5, 0.6) is 0 Å². The van der Waals surface area contributed by atoms with E-state index in [-0.39, 0.29) is 17.5 Å². The normalized spacial score (nSPS) is 14.5. The van der Waals surface area contributed by atoms with Crippen molar-refractivity contribution >= 4 is 27.6 Å². The molecule has 0 bridgehead atoms. The number of fused-ring (bicyclic) bond motifs is 3. The van der Waals surface area contributed by atoms with Crippen molar-refractivity contribution in [2.45, 2.75) is 18.9 Å². The fourth-order valence-electron chi connectivity index (χ4n) is 2.55. The highest BCUT2D eigenvalue weighted by Crippen LogP contribution is 2.25. The first-order valence-corrected chi connectivity index (χ1v) is 7.03. The van der Waals surface area contributed by atoms with Crippen molar-refractivity contribution in [2.24, 2.45) is 0 Å². The molecule has 0 radical (unpaired) electrons. The number of carbonyl (C=O) groups is 1. The third kappa shape index (κ3) is 2.09. The molecule has 2 aromatic carbocycles. The maximum absolute atomic E-state index is 12.2. The topological polar surface area (TPSA) is 66.1 Å². The lowest BCUT2D eigenvalue weighted by molar-refractivity contribution is 0.0947. The third-order valence-corrected chi connectivity index (χ3v) is 3.83. The van der Waals surface area contributed by atoms with Gasteiger partial charge in [0.1, 0.15) is 11.1 Å². The Balaban J connectivity index is 1.95. The molecular weight excluding hydrogens is 264 g/mol. The third-order valence-electron chi connectivity index (χ3n) is 3.83. The van der Waals surface area contributed by atoms with Gasteiger partial charge >= 0.3 is 0 Å². The van der Waals surface area contributed by atoms with E-state index in [1.54, 1.807) is 6.07 Å². The summed E-state index contributed by atoms with van der Waals surface area (Å²) in [6.07, 6.45) is 2.04. The molecule has 1 fully saturated rings. The van der Waals surface area contributed by atoms with Crippen LogP contribution in [0.3, 0.4) is 0 Å². The van der Waals surface area contributed by atoms with Crippen LogP contribution < -0.4 is 10.9 Å². The molecule has 1 aliphatic carbocycles. The average Bonchev–Trinajstić information content (AvgIpc) is 3.30. The fourth-order valence-corrected chi connectivity index (χ4v) is 2.55. The number of benzene rings is 2. The lowest BCUT2D eigenvalue weighted by atomic mass is 10.0. The van der Waals surface area contributed by atoms with Crippen LogP contribution >= 0.6 is 0 Å². The molecule has 2 N–H and O–H groups in total. The largest absolute Gasteiger partial charge is 0.438 e. The second-order valence-corrected chi connectivity index (χ2v) is 5.44. The first-order chi connectivity index (χ1) is 10.2. The van der Waals surface area contributed by atoms with Gasteiger partial charge in [-0.3, -0.25) is 10.2 Å². The molecule has 4 nitrogen and oxygen atoms in total. The number of rotatable bonds is 2. The maximum atomic E-state index is 12.2. The second-order valence-electron chi connectivity index (χ2n) is 5.44. The summed E-state index contributed by atoms with van der Waals surface area (Å²) in [6, 6.07) is 13.8. The van der Waals surface area contributed by atoms with Crippen molar-refractivity contribution in [3.05, 3.63) is 53.6 Å².